The lowest BCUT2D eigenvalue weighted by molar-refractivity contribution is -0.137. The summed E-state index contributed by atoms with van der Waals surface area (Å²) in [6.07, 6.45) is -3.89. The fourth-order valence-electron chi connectivity index (χ4n) is 0.552. The zero-order valence-corrected chi connectivity index (χ0v) is 6.70. The molecule has 66 valence electrons. The van der Waals surface area contributed by atoms with E-state index in [1.54, 1.807) is 13.8 Å². The van der Waals surface area contributed by atoms with Crippen molar-refractivity contribution in [1.29, 1.82) is 0 Å². The van der Waals surface area contributed by atoms with E-state index in [4.69, 9.17) is 0 Å². The highest BCUT2D eigenvalue weighted by atomic mass is 19.4. The van der Waals surface area contributed by atoms with Crippen LogP contribution in [0.4, 0.5) is 13.2 Å². The summed E-state index contributed by atoms with van der Waals surface area (Å²) < 4.78 is 40.2. The molecule has 0 atom stereocenters. The first kappa shape index (κ1) is 10.3. The number of hydrogen-bond acceptors (Lipinski definition) is 1. The Balaban J connectivity index is 4.21. The number of halogens is 3. The average Bonchev–Trinajstić information content (AvgIpc) is 1.79. The zero-order valence-electron chi connectivity index (χ0n) is 6.70. The van der Waals surface area contributed by atoms with E-state index in [0.717, 1.165) is 6.08 Å². The zero-order chi connectivity index (χ0) is 9.07. The second-order valence-corrected chi connectivity index (χ2v) is 2.32. The quantitative estimate of drug-likeness (QED) is 0.576. The number of rotatable bonds is 2. The predicted molar refractivity (Wildman–Crippen MR) is 36.0 cm³/mol. The van der Waals surface area contributed by atoms with Gasteiger partial charge in [0.05, 0.1) is 6.10 Å². The molecular formula is C7H11F3O. The van der Waals surface area contributed by atoms with Crippen LogP contribution in [0, 0.1) is 0 Å². The Bertz CT molecular complexity index is 146. The van der Waals surface area contributed by atoms with E-state index in [0.29, 0.717) is 0 Å². The molecule has 0 N–H and O–H groups in total. The van der Waals surface area contributed by atoms with E-state index in [2.05, 4.69) is 4.74 Å². The summed E-state index contributed by atoms with van der Waals surface area (Å²) in [5.41, 5.74) is 0. The maximum Gasteiger partial charge on any atom is 0.448 e. The van der Waals surface area contributed by atoms with Gasteiger partial charge in [-0.2, -0.15) is 13.2 Å². The third-order valence-corrected chi connectivity index (χ3v) is 0.904. The molecule has 0 saturated heterocycles. The third kappa shape index (κ3) is 3.91. The number of alkyl halides is 3. The van der Waals surface area contributed by atoms with E-state index in [9.17, 15) is 13.2 Å². The number of ether oxygens (including phenoxy) is 1. The molecule has 0 aromatic heterocycles. The van der Waals surface area contributed by atoms with Crippen molar-refractivity contribution in [2.24, 2.45) is 0 Å². The van der Waals surface area contributed by atoms with Crippen LogP contribution in [0.15, 0.2) is 11.8 Å². The van der Waals surface area contributed by atoms with E-state index in [1.807, 2.05) is 0 Å². The predicted octanol–water partition coefficient (Wildman–Crippen LogP) is 2.88. The highest BCUT2D eigenvalue weighted by Crippen LogP contribution is 2.26. The molecule has 0 spiro atoms. The molecule has 0 bridgehead atoms. The highest BCUT2D eigenvalue weighted by molar-refractivity contribution is 4.98. The molecule has 0 aliphatic rings. The van der Waals surface area contributed by atoms with Crippen molar-refractivity contribution in [3.63, 3.8) is 0 Å². The van der Waals surface area contributed by atoms with Gasteiger partial charge in [-0.05, 0) is 26.8 Å². The lowest BCUT2D eigenvalue weighted by atomic mass is 10.4. The molecule has 0 saturated carbocycles. The minimum Gasteiger partial charge on any atom is -0.486 e. The summed E-state index contributed by atoms with van der Waals surface area (Å²) in [5, 5.41) is 0. The van der Waals surface area contributed by atoms with Crippen LogP contribution in [0.1, 0.15) is 20.8 Å². The van der Waals surface area contributed by atoms with Gasteiger partial charge in [-0.15, -0.1) is 0 Å². The first-order chi connectivity index (χ1) is 4.88. The molecule has 0 fully saturated rings. The van der Waals surface area contributed by atoms with Crippen molar-refractivity contribution in [1.82, 2.24) is 0 Å². The van der Waals surface area contributed by atoms with Gasteiger partial charge in [-0.25, -0.2) is 0 Å². The Hall–Kier alpha value is -0.670. The summed E-state index contributed by atoms with van der Waals surface area (Å²) in [4.78, 5) is 0. The van der Waals surface area contributed by atoms with Gasteiger partial charge < -0.3 is 4.74 Å². The van der Waals surface area contributed by atoms with Gasteiger partial charge in [-0.3, -0.25) is 0 Å². The van der Waals surface area contributed by atoms with Gasteiger partial charge in [0.15, 0.2) is 5.76 Å². The molecule has 1 nitrogen and oxygen atoms in total. The number of hydrogen-bond donors (Lipinski definition) is 0. The lowest BCUT2D eigenvalue weighted by Gasteiger charge is -2.15. The van der Waals surface area contributed by atoms with Crippen LogP contribution in [0.2, 0.25) is 0 Å². The number of allylic oxidation sites excluding steroid dienone is 2. The normalized spacial score (nSPS) is 13.9. The monoisotopic (exact) mass is 168 g/mol. The largest absolute Gasteiger partial charge is 0.486 e. The summed E-state index contributed by atoms with van der Waals surface area (Å²) >= 11 is 0. The molecule has 0 rings (SSSR count). The van der Waals surface area contributed by atoms with Crippen LogP contribution in [0.25, 0.3) is 0 Å². The molecule has 0 radical (unpaired) electrons. The Morgan fingerprint density at radius 3 is 1.91 bits per heavy atom. The molecule has 0 aliphatic heterocycles. The van der Waals surface area contributed by atoms with Gasteiger partial charge in [-0.1, -0.05) is 0 Å². The molecule has 0 amide bonds. The van der Waals surface area contributed by atoms with Crippen molar-refractivity contribution < 1.29 is 17.9 Å². The smallest absolute Gasteiger partial charge is 0.448 e. The minimum atomic E-state index is -4.36. The van der Waals surface area contributed by atoms with Crippen LogP contribution in [-0.2, 0) is 4.74 Å². The summed E-state index contributed by atoms with van der Waals surface area (Å²) in [7, 11) is 0. The molecule has 0 aromatic rings. The fourth-order valence-corrected chi connectivity index (χ4v) is 0.552. The summed E-state index contributed by atoms with van der Waals surface area (Å²) in [5.74, 6) is -0.924. The van der Waals surface area contributed by atoms with E-state index >= 15 is 0 Å². The third-order valence-electron chi connectivity index (χ3n) is 0.904. The molecule has 0 aliphatic carbocycles. The second-order valence-electron chi connectivity index (χ2n) is 2.32. The first-order valence-electron chi connectivity index (χ1n) is 3.28. The van der Waals surface area contributed by atoms with Crippen LogP contribution in [0.5, 0.6) is 0 Å². The van der Waals surface area contributed by atoms with Gasteiger partial charge in [0.25, 0.3) is 0 Å². The fraction of sp³-hybridized carbons (Fsp3) is 0.714. The SMILES string of the molecule is C/C=C(\OC(C)C)C(F)(F)F. The second kappa shape index (κ2) is 3.64. The van der Waals surface area contributed by atoms with Gasteiger partial charge in [0.2, 0.25) is 0 Å². The Kier molecular flexibility index (Phi) is 3.42. The van der Waals surface area contributed by atoms with Gasteiger partial charge in [0.1, 0.15) is 0 Å². The molecule has 0 heterocycles. The van der Waals surface area contributed by atoms with Crippen LogP contribution in [-0.4, -0.2) is 12.3 Å². The van der Waals surface area contributed by atoms with Gasteiger partial charge in [0, 0.05) is 0 Å². The Morgan fingerprint density at radius 1 is 1.36 bits per heavy atom. The summed E-state index contributed by atoms with van der Waals surface area (Å²) in [6, 6.07) is 0. The molecule has 0 aromatic carbocycles. The molecular weight excluding hydrogens is 157 g/mol. The van der Waals surface area contributed by atoms with Crippen LogP contribution in [0.3, 0.4) is 0 Å². The van der Waals surface area contributed by atoms with Gasteiger partial charge >= 0.3 is 6.18 Å². The van der Waals surface area contributed by atoms with E-state index in [-0.39, 0.29) is 0 Å². The van der Waals surface area contributed by atoms with Crippen molar-refractivity contribution in [2.45, 2.75) is 33.1 Å². The molecule has 4 heteroatoms. The van der Waals surface area contributed by atoms with Crippen molar-refractivity contribution in [3.8, 4) is 0 Å². The maximum atomic E-state index is 11.9. The van der Waals surface area contributed by atoms with Crippen molar-refractivity contribution in [3.05, 3.63) is 11.8 Å². The van der Waals surface area contributed by atoms with E-state index in [1.165, 1.54) is 6.92 Å². The van der Waals surface area contributed by atoms with Crippen molar-refractivity contribution >= 4 is 0 Å². The first-order valence-corrected chi connectivity index (χ1v) is 3.28. The molecule has 0 unspecified atom stereocenters. The Labute approximate surface area is 63.8 Å². The maximum absolute atomic E-state index is 11.9. The minimum absolute atomic E-state index is 0.442. The standard InChI is InChI=1S/C7H11F3O/c1-4-6(7(8,9)10)11-5(2)3/h4-5H,1-3H3/b6-4-. The van der Waals surface area contributed by atoms with Crippen molar-refractivity contribution in [2.75, 3.05) is 0 Å². The average molecular weight is 168 g/mol. The topological polar surface area (TPSA) is 9.23 Å². The lowest BCUT2D eigenvalue weighted by Crippen LogP contribution is -2.17. The van der Waals surface area contributed by atoms with Crippen LogP contribution >= 0.6 is 0 Å². The van der Waals surface area contributed by atoms with Crippen LogP contribution < -0.4 is 0 Å². The van der Waals surface area contributed by atoms with E-state index < -0.39 is 18.0 Å². The highest BCUT2D eigenvalue weighted by Gasteiger charge is 2.35. The summed E-state index contributed by atoms with van der Waals surface area (Å²) in [6.45, 7) is 4.40. The molecule has 11 heavy (non-hydrogen) atoms. The Morgan fingerprint density at radius 2 is 1.82 bits per heavy atom.